The van der Waals surface area contributed by atoms with E-state index < -0.39 is 10.0 Å². The summed E-state index contributed by atoms with van der Waals surface area (Å²) in [7, 11) is -3.54. The van der Waals surface area contributed by atoms with Crippen molar-refractivity contribution < 1.29 is 13.2 Å². The summed E-state index contributed by atoms with van der Waals surface area (Å²) in [6.45, 7) is 2.76. The molecule has 0 aliphatic carbocycles. The van der Waals surface area contributed by atoms with Crippen molar-refractivity contribution >= 4 is 33.0 Å². The lowest BCUT2D eigenvalue weighted by Crippen LogP contribution is -2.49. The fourth-order valence-corrected chi connectivity index (χ4v) is 7.59. The molecule has 1 fully saturated rings. The Hall–Kier alpha value is -2.75. The minimum atomic E-state index is -3.54. The number of thiophene rings is 1. The molecule has 4 heterocycles. The number of carbonyl (C=O) groups excluding carboxylic acids is 1. The van der Waals surface area contributed by atoms with E-state index in [1.807, 2.05) is 34.9 Å². The Kier molecular flexibility index (Phi) is 5.27. The maximum absolute atomic E-state index is 13.2. The quantitative estimate of drug-likeness (QED) is 0.635. The number of carbonyl (C=O) groups is 1. The fourth-order valence-electron chi connectivity index (χ4n) is 4.89. The molecule has 0 spiro atoms. The lowest BCUT2D eigenvalue weighted by molar-refractivity contribution is -0.114. The highest BCUT2D eigenvalue weighted by Crippen LogP contribution is 2.41. The van der Waals surface area contributed by atoms with Gasteiger partial charge in [-0.2, -0.15) is 4.31 Å². The summed E-state index contributed by atoms with van der Waals surface area (Å²) in [5.74, 6) is -0.0936. The van der Waals surface area contributed by atoms with Gasteiger partial charge in [0.25, 0.3) is 15.6 Å². The average Bonchev–Trinajstić information content (AvgIpc) is 3.30. The zero-order chi connectivity index (χ0) is 22.5. The Bertz CT molecular complexity index is 1330. The Balaban J connectivity index is 1.54. The first-order chi connectivity index (χ1) is 15.3. The van der Waals surface area contributed by atoms with Crippen molar-refractivity contribution in [1.29, 1.82) is 0 Å². The molecule has 0 saturated carbocycles. The van der Waals surface area contributed by atoms with Crippen LogP contribution in [0.25, 0.3) is 11.1 Å². The minimum Gasteiger partial charge on any atom is -0.326 e. The van der Waals surface area contributed by atoms with Crippen LogP contribution in [0.1, 0.15) is 25.0 Å². The molecule has 2 aliphatic heterocycles. The van der Waals surface area contributed by atoms with Crippen LogP contribution in [0, 0.1) is 5.92 Å². The molecule has 5 rings (SSSR count). The maximum Gasteiger partial charge on any atom is 0.252 e. The Morgan fingerprint density at radius 3 is 2.53 bits per heavy atom. The molecule has 2 aliphatic rings. The van der Waals surface area contributed by atoms with Crippen molar-refractivity contribution in [3.05, 3.63) is 70.0 Å². The van der Waals surface area contributed by atoms with E-state index in [2.05, 4.69) is 5.32 Å². The van der Waals surface area contributed by atoms with Gasteiger partial charge in [0.1, 0.15) is 4.21 Å². The van der Waals surface area contributed by atoms with Crippen molar-refractivity contribution in [3.63, 3.8) is 0 Å². The summed E-state index contributed by atoms with van der Waals surface area (Å²) in [4.78, 5) is 24.0. The summed E-state index contributed by atoms with van der Waals surface area (Å²) < 4.78 is 30.1. The number of pyridine rings is 1. The van der Waals surface area contributed by atoms with Crippen LogP contribution >= 0.6 is 11.3 Å². The van der Waals surface area contributed by atoms with Gasteiger partial charge in [0.15, 0.2) is 0 Å². The highest BCUT2D eigenvalue weighted by Gasteiger charge is 2.40. The molecule has 1 saturated heterocycles. The molecule has 1 N–H and O–H groups in total. The van der Waals surface area contributed by atoms with E-state index in [1.54, 1.807) is 27.9 Å². The SMILES string of the molecule is CC(=O)Nc1ccc(-c2ccc(=O)n3c2[C@@H]2C[C@@H](CN(S(=O)(=O)c4cccs4)C2)C3)cc1. The van der Waals surface area contributed by atoms with Gasteiger partial charge in [-0.05, 0) is 47.5 Å². The van der Waals surface area contributed by atoms with E-state index in [1.165, 1.54) is 18.3 Å². The molecule has 9 heteroatoms. The number of nitrogens with one attached hydrogen (secondary N) is 1. The third-order valence-corrected chi connectivity index (χ3v) is 9.37. The van der Waals surface area contributed by atoms with Crippen molar-refractivity contribution in [1.82, 2.24) is 8.87 Å². The summed E-state index contributed by atoms with van der Waals surface area (Å²) in [6.07, 6.45) is 0.858. The van der Waals surface area contributed by atoms with Gasteiger partial charge in [0.2, 0.25) is 5.91 Å². The van der Waals surface area contributed by atoms with Crippen LogP contribution in [0.2, 0.25) is 0 Å². The number of hydrogen-bond donors (Lipinski definition) is 1. The van der Waals surface area contributed by atoms with Gasteiger partial charge in [-0.1, -0.05) is 18.2 Å². The van der Waals surface area contributed by atoms with Gasteiger partial charge in [-0.25, -0.2) is 8.42 Å². The predicted octanol–water partition coefficient (Wildman–Crippen LogP) is 3.34. The Labute approximate surface area is 190 Å². The predicted molar refractivity (Wildman–Crippen MR) is 124 cm³/mol. The van der Waals surface area contributed by atoms with E-state index in [0.717, 1.165) is 23.2 Å². The summed E-state index contributed by atoms with van der Waals surface area (Å²) in [5.41, 5.74) is 3.40. The summed E-state index contributed by atoms with van der Waals surface area (Å²) in [6, 6.07) is 14.3. The van der Waals surface area contributed by atoms with Crippen molar-refractivity contribution in [2.45, 2.75) is 30.0 Å². The molecule has 32 heavy (non-hydrogen) atoms. The molecule has 0 unspecified atom stereocenters. The number of piperidine rings is 1. The third-order valence-electron chi connectivity index (χ3n) is 6.16. The number of amides is 1. The van der Waals surface area contributed by atoms with E-state index in [-0.39, 0.29) is 23.3 Å². The monoisotopic (exact) mass is 469 g/mol. The van der Waals surface area contributed by atoms with Crippen LogP contribution in [-0.4, -0.2) is 36.3 Å². The highest BCUT2D eigenvalue weighted by atomic mass is 32.2. The third kappa shape index (κ3) is 3.70. The van der Waals surface area contributed by atoms with Crippen LogP contribution in [0.5, 0.6) is 0 Å². The number of anilines is 1. The van der Waals surface area contributed by atoms with Crippen LogP contribution in [-0.2, 0) is 21.4 Å². The maximum atomic E-state index is 13.2. The number of rotatable bonds is 4. The van der Waals surface area contributed by atoms with E-state index >= 15 is 0 Å². The molecular formula is C23H23N3O4S2. The second-order valence-corrected chi connectivity index (χ2v) is 11.5. The molecule has 0 radical (unpaired) electrons. The fraction of sp³-hybridized carbons (Fsp3) is 0.304. The summed E-state index contributed by atoms with van der Waals surface area (Å²) in [5, 5.41) is 4.53. The largest absolute Gasteiger partial charge is 0.326 e. The second kappa shape index (κ2) is 7.99. The number of fused-ring (bicyclic) bond motifs is 4. The smallest absolute Gasteiger partial charge is 0.252 e. The molecule has 2 atom stereocenters. The van der Waals surface area contributed by atoms with E-state index in [9.17, 15) is 18.0 Å². The summed E-state index contributed by atoms with van der Waals surface area (Å²) >= 11 is 1.23. The average molecular weight is 470 g/mol. The first kappa shape index (κ1) is 21.1. The van der Waals surface area contributed by atoms with Crippen LogP contribution < -0.4 is 10.9 Å². The topological polar surface area (TPSA) is 88.5 Å². The second-order valence-electron chi connectivity index (χ2n) is 8.39. The first-order valence-corrected chi connectivity index (χ1v) is 12.8. The molecule has 2 bridgehead atoms. The molecule has 2 aromatic heterocycles. The first-order valence-electron chi connectivity index (χ1n) is 10.5. The van der Waals surface area contributed by atoms with Gasteiger partial charge in [0, 0.05) is 55.5 Å². The number of hydrogen-bond acceptors (Lipinski definition) is 5. The molecule has 7 nitrogen and oxygen atoms in total. The lowest BCUT2D eigenvalue weighted by Gasteiger charge is -2.42. The molecule has 1 aromatic carbocycles. The number of nitrogens with zero attached hydrogens (tertiary/aromatic N) is 2. The molecule has 166 valence electrons. The molecule has 1 amide bonds. The van der Waals surface area contributed by atoms with Gasteiger partial charge < -0.3 is 9.88 Å². The normalized spacial score (nSPS) is 20.5. The van der Waals surface area contributed by atoms with Gasteiger partial charge >= 0.3 is 0 Å². The number of benzene rings is 1. The Morgan fingerprint density at radius 1 is 1.06 bits per heavy atom. The minimum absolute atomic E-state index is 0.0529. The molecule has 3 aromatic rings. The molecular weight excluding hydrogens is 446 g/mol. The number of aromatic nitrogens is 1. The van der Waals surface area contributed by atoms with Gasteiger partial charge in [-0.3, -0.25) is 9.59 Å². The number of sulfonamides is 1. The Morgan fingerprint density at radius 2 is 1.84 bits per heavy atom. The van der Waals surface area contributed by atoms with Crippen LogP contribution in [0.3, 0.4) is 0 Å². The van der Waals surface area contributed by atoms with Crippen LogP contribution in [0.4, 0.5) is 5.69 Å². The van der Waals surface area contributed by atoms with E-state index in [0.29, 0.717) is 29.5 Å². The van der Waals surface area contributed by atoms with Crippen molar-refractivity contribution in [3.8, 4) is 11.1 Å². The zero-order valence-corrected chi connectivity index (χ0v) is 19.2. The zero-order valence-electron chi connectivity index (χ0n) is 17.5. The lowest BCUT2D eigenvalue weighted by atomic mass is 9.81. The van der Waals surface area contributed by atoms with Crippen molar-refractivity contribution in [2.24, 2.45) is 5.92 Å². The van der Waals surface area contributed by atoms with Crippen LogP contribution in [0.15, 0.2) is 62.9 Å². The standard InChI is InChI=1S/C23H23N3O4S2/c1-15(27)24-19-6-4-17(5-7-19)20-8-9-21(28)26-13-16-11-18(23(20)26)14-25(12-16)32(29,30)22-3-2-10-31-22/h2-10,16,18H,11-14H2,1H3,(H,24,27)/t16-,18+/m0/s1. The van der Waals surface area contributed by atoms with Gasteiger partial charge in [-0.15, -0.1) is 11.3 Å². The highest BCUT2D eigenvalue weighted by molar-refractivity contribution is 7.91. The van der Waals surface area contributed by atoms with Gasteiger partial charge in [0.05, 0.1) is 0 Å². The van der Waals surface area contributed by atoms with E-state index in [4.69, 9.17) is 0 Å². The van der Waals surface area contributed by atoms with Crippen molar-refractivity contribution in [2.75, 3.05) is 18.4 Å².